The Labute approximate surface area is 78.6 Å². The Bertz CT molecular complexity index is 180. The van der Waals surface area contributed by atoms with E-state index in [0.29, 0.717) is 6.61 Å². The first-order chi connectivity index (χ1) is 5.97. The van der Waals surface area contributed by atoms with Crippen LogP contribution in [-0.4, -0.2) is 30.9 Å². The van der Waals surface area contributed by atoms with Gasteiger partial charge in [0.2, 0.25) is 0 Å². The maximum Gasteiger partial charge on any atom is 0.407 e. The number of hydrogen-bond acceptors (Lipinski definition) is 3. The maximum absolute atomic E-state index is 11.2. The Morgan fingerprint density at radius 2 is 2.23 bits per heavy atom. The molecule has 1 aliphatic rings. The van der Waals surface area contributed by atoms with Gasteiger partial charge in [-0.2, -0.15) is 0 Å². The molecule has 0 bridgehead atoms. The average Bonchev–Trinajstić information content (AvgIpc) is 2.34. The highest BCUT2D eigenvalue weighted by atomic mass is 16.6. The van der Waals surface area contributed by atoms with Crippen molar-refractivity contribution in [3.63, 3.8) is 0 Å². The van der Waals surface area contributed by atoms with Gasteiger partial charge in [0.05, 0.1) is 12.6 Å². The lowest BCUT2D eigenvalue weighted by Crippen LogP contribution is -2.39. The summed E-state index contributed by atoms with van der Waals surface area (Å²) in [6.07, 6.45) is 0.516. The molecule has 1 N–H and O–H groups in total. The molecule has 0 radical (unpaired) electrons. The molecule has 1 rings (SSSR count). The lowest BCUT2D eigenvalue weighted by atomic mass is 10.2. The van der Waals surface area contributed by atoms with E-state index in [1.54, 1.807) is 0 Å². The highest BCUT2D eigenvalue weighted by molar-refractivity contribution is 5.68. The monoisotopic (exact) mass is 187 g/mol. The van der Waals surface area contributed by atoms with Crippen LogP contribution in [0.1, 0.15) is 27.2 Å². The number of carbonyl (C=O) groups is 1. The zero-order valence-electron chi connectivity index (χ0n) is 8.42. The first-order valence-corrected chi connectivity index (χ1v) is 4.54. The van der Waals surface area contributed by atoms with Gasteiger partial charge in [0.25, 0.3) is 0 Å². The first kappa shape index (κ1) is 10.3. The number of ether oxygens (including phenoxy) is 2. The van der Waals surface area contributed by atoms with E-state index in [-0.39, 0.29) is 12.1 Å². The lowest BCUT2D eigenvalue weighted by Gasteiger charge is -2.21. The van der Waals surface area contributed by atoms with Crippen LogP contribution in [0.4, 0.5) is 4.79 Å². The molecule has 1 unspecified atom stereocenters. The summed E-state index contributed by atoms with van der Waals surface area (Å²) in [5.74, 6) is 0. The Hall–Kier alpha value is -0.770. The first-order valence-electron chi connectivity index (χ1n) is 4.54. The third-order valence-electron chi connectivity index (χ3n) is 1.65. The fraction of sp³-hybridized carbons (Fsp3) is 0.889. The van der Waals surface area contributed by atoms with Crippen LogP contribution < -0.4 is 5.32 Å². The highest BCUT2D eigenvalue weighted by Crippen LogP contribution is 2.08. The molecule has 1 atom stereocenters. The van der Waals surface area contributed by atoms with E-state index in [9.17, 15) is 4.79 Å². The van der Waals surface area contributed by atoms with Gasteiger partial charge in [-0.1, -0.05) is 0 Å². The number of rotatable bonds is 1. The Kier molecular flexibility index (Phi) is 3.14. The van der Waals surface area contributed by atoms with Crippen LogP contribution in [0.15, 0.2) is 0 Å². The van der Waals surface area contributed by atoms with E-state index in [1.165, 1.54) is 0 Å². The quantitative estimate of drug-likeness (QED) is 0.673. The average molecular weight is 187 g/mol. The van der Waals surface area contributed by atoms with Crippen LogP contribution in [0.2, 0.25) is 0 Å². The van der Waals surface area contributed by atoms with E-state index in [1.807, 2.05) is 20.8 Å². The van der Waals surface area contributed by atoms with Crippen LogP contribution in [0, 0.1) is 0 Å². The molecule has 0 aromatic heterocycles. The van der Waals surface area contributed by atoms with Gasteiger partial charge in [0.15, 0.2) is 0 Å². The minimum atomic E-state index is -0.427. The summed E-state index contributed by atoms with van der Waals surface area (Å²) >= 11 is 0. The van der Waals surface area contributed by atoms with Gasteiger partial charge in [-0.25, -0.2) is 4.79 Å². The number of carbonyl (C=O) groups excluding carboxylic acids is 1. The number of hydrogen-bond donors (Lipinski definition) is 1. The third-order valence-corrected chi connectivity index (χ3v) is 1.65. The van der Waals surface area contributed by atoms with Crippen molar-refractivity contribution in [1.82, 2.24) is 5.32 Å². The van der Waals surface area contributed by atoms with E-state index >= 15 is 0 Å². The fourth-order valence-corrected chi connectivity index (χ4v) is 1.12. The molecule has 0 spiro atoms. The standard InChI is InChI=1S/C9H17NO3/c1-9(2,3)13-8(11)10-7-4-5-12-6-7/h7H,4-6H2,1-3H3,(H,10,11). The second-order valence-electron chi connectivity index (χ2n) is 4.21. The van der Waals surface area contributed by atoms with Gasteiger partial charge < -0.3 is 14.8 Å². The lowest BCUT2D eigenvalue weighted by molar-refractivity contribution is 0.0499. The van der Waals surface area contributed by atoms with E-state index in [0.717, 1.165) is 13.0 Å². The van der Waals surface area contributed by atoms with Crippen molar-refractivity contribution in [3.8, 4) is 0 Å². The molecule has 1 heterocycles. The van der Waals surface area contributed by atoms with Crippen molar-refractivity contribution < 1.29 is 14.3 Å². The molecule has 1 saturated heterocycles. The number of amides is 1. The van der Waals surface area contributed by atoms with Gasteiger partial charge in [0, 0.05) is 6.61 Å². The molecule has 76 valence electrons. The topological polar surface area (TPSA) is 47.6 Å². The molecule has 1 aliphatic heterocycles. The summed E-state index contributed by atoms with van der Waals surface area (Å²) in [5, 5.41) is 2.75. The van der Waals surface area contributed by atoms with E-state index in [2.05, 4.69) is 5.32 Å². The largest absolute Gasteiger partial charge is 0.444 e. The predicted octanol–water partition coefficient (Wildman–Crippen LogP) is 1.30. The number of alkyl carbamates (subject to hydrolysis) is 1. The Balaban J connectivity index is 2.24. The van der Waals surface area contributed by atoms with Crippen LogP contribution in [0.5, 0.6) is 0 Å². The summed E-state index contributed by atoms with van der Waals surface area (Å²) in [6, 6.07) is 0.120. The zero-order chi connectivity index (χ0) is 9.90. The van der Waals surface area contributed by atoms with Gasteiger partial charge >= 0.3 is 6.09 Å². The second kappa shape index (κ2) is 3.96. The van der Waals surface area contributed by atoms with Crippen molar-refractivity contribution in [2.45, 2.75) is 38.8 Å². The molecule has 4 heteroatoms. The number of nitrogens with one attached hydrogen (secondary N) is 1. The van der Waals surface area contributed by atoms with Crippen molar-refractivity contribution in [2.24, 2.45) is 0 Å². The van der Waals surface area contributed by atoms with Crippen LogP contribution >= 0.6 is 0 Å². The van der Waals surface area contributed by atoms with E-state index < -0.39 is 5.60 Å². The van der Waals surface area contributed by atoms with Crippen LogP contribution in [-0.2, 0) is 9.47 Å². The Morgan fingerprint density at radius 3 is 2.69 bits per heavy atom. The van der Waals surface area contributed by atoms with Crippen molar-refractivity contribution in [1.29, 1.82) is 0 Å². The molecular weight excluding hydrogens is 170 g/mol. The van der Waals surface area contributed by atoms with E-state index in [4.69, 9.17) is 9.47 Å². The third kappa shape index (κ3) is 4.12. The Morgan fingerprint density at radius 1 is 1.54 bits per heavy atom. The van der Waals surface area contributed by atoms with Gasteiger partial charge in [-0.3, -0.25) is 0 Å². The van der Waals surface area contributed by atoms with Crippen molar-refractivity contribution in [2.75, 3.05) is 13.2 Å². The van der Waals surface area contributed by atoms with Crippen molar-refractivity contribution >= 4 is 6.09 Å². The minimum Gasteiger partial charge on any atom is -0.444 e. The molecule has 0 aliphatic carbocycles. The molecule has 1 fully saturated rings. The second-order valence-corrected chi connectivity index (χ2v) is 4.21. The normalized spacial score (nSPS) is 22.8. The van der Waals surface area contributed by atoms with Gasteiger partial charge in [0.1, 0.15) is 5.60 Å². The van der Waals surface area contributed by atoms with Crippen molar-refractivity contribution in [3.05, 3.63) is 0 Å². The summed E-state index contributed by atoms with van der Waals surface area (Å²) < 4.78 is 10.2. The summed E-state index contributed by atoms with van der Waals surface area (Å²) in [6.45, 7) is 6.85. The fourth-order valence-electron chi connectivity index (χ4n) is 1.12. The molecule has 0 saturated carbocycles. The van der Waals surface area contributed by atoms with Crippen LogP contribution in [0.25, 0.3) is 0 Å². The van der Waals surface area contributed by atoms with Crippen LogP contribution in [0.3, 0.4) is 0 Å². The molecule has 1 amide bonds. The van der Waals surface area contributed by atoms with Gasteiger partial charge in [-0.15, -0.1) is 0 Å². The highest BCUT2D eigenvalue weighted by Gasteiger charge is 2.21. The minimum absolute atomic E-state index is 0.120. The molecule has 0 aromatic rings. The molecule has 0 aromatic carbocycles. The summed E-state index contributed by atoms with van der Waals surface area (Å²) in [5.41, 5.74) is -0.427. The SMILES string of the molecule is CC(C)(C)OC(=O)NC1CCOC1. The molecule has 13 heavy (non-hydrogen) atoms. The summed E-state index contributed by atoms with van der Waals surface area (Å²) in [7, 11) is 0. The maximum atomic E-state index is 11.2. The zero-order valence-corrected chi connectivity index (χ0v) is 8.42. The van der Waals surface area contributed by atoms with Gasteiger partial charge in [-0.05, 0) is 27.2 Å². The summed E-state index contributed by atoms with van der Waals surface area (Å²) in [4.78, 5) is 11.2. The predicted molar refractivity (Wildman–Crippen MR) is 48.6 cm³/mol. The molecule has 4 nitrogen and oxygen atoms in total. The smallest absolute Gasteiger partial charge is 0.407 e. The molecular formula is C9H17NO3.